The van der Waals surface area contributed by atoms with E-state index in [2.05, 4.69) is 45.0 Å². The zero-order valence-corrected chi connectivity index (χ0v) is 13.3. The Labute approximate surface area is 123 Å². The summed E-state index contributed by atoms with van der Waals surface area (Å²) >= 11 is 6.86. The van der Waals surface area contributed by atoms with E-state index in [1.807, 2.05) is 0 Å². The molecule has 0 amide bonds. The van der Waals surface area contributed by atoms with E-state index >= 15 is 0 Å². The molecule has 1 aromatic carbocycles. The molecule has 1 aliphatic rings. The second-order valence-electron chi connectivity index (χ2n) is 6.82. The Bertz CT molecular complexity index is 385. The molecule has 1 aromatic rings. The van der Waals surface area contributed by atoms with Crippen LogP contribution in [0.1, 0.15) is 57.1 Å². The van der Waals surface area contributed by atoms with Gasteiger partial charge in [0.1, 0.15) is 0 Å². The fourth-order valence-electron chi connectivity index (χ4n) is 3.69. The van der Waals surface area contributed by atoms with Crippen molar-refractivity contribution in [3.05, 3.63) is 35.4 Å². The third-order valence-corrected chi connectivity index (χ3v) is 5.23. The molecular formula is C18H27Cl. The highest BCUT2D eigenvalue weighted by molar-refractivity contribution is 6.21. The molecular weight excluding hydrogens is 252 g/mol. The molecule has 2 rings (SSSR count). The van der Waals surface area contributed by atoms with E-state index in [0.717, 1.165) is 12.3 Å². The van der Waals surface area contributed by atoms with Crippen LogP contribution in [0.2, 0.25) is 0 Å². The van der Waals surface area contributed by atoms with E-state index < -0.39 is 0 Å². The van der Waals surface area contributed by atoms with Crippen LogP contribution in [0.5, 0.6) is 0 Å². The molecule has 1 fully saturated rings. The van der Waals surface area contributed by atoms with Crippen molar-refractivity contribution in [1.29, 1.82) is 0 Å². The van der Waals surface area contributed by atoms with Gasteiger partial charge in [-0.05, 0) is 49.5 Å². The molecule has 106 valence electrons. The number of hydrogen-bond donors (Lipinski definition) is 0. The first-order valence-electron chi connectivity index (χ1n) is 7.71. The first-order valence-corrected chi connectivity index (χ1v) is 8.15. The maximum atomic E-state index is 6.86. The van der Waals surface area contributed by atoms with E-state index in [4.69, 9.17) is 11.6 Å². The van der Waals surface area contributed by atoms with Gasteiger partial charge in [0, 0.05) is 5.38 Å². The van der Waals surface area contributed by atoms with E-state index in [0.29, 0.717) is 10.8 Å². The van der Waals surface area contributed by atoms with Crippen LogP contribution in [0.3, 0.4) is 0 Å². The number of hydrogen-bond acceptors (Lipinski definition) is 0. The summed E-state index contributed by atoms with van der Waals surface area (Å²) in [7, 11) is 0. The molecule has 0 heterocycles. The molecule has 1 saturated carbocycles. The summed E-state index contributed by atoms with van der Waals surface area (Å²) in [5.74, 6) is 0.748. The summed E-state index contributed by atoms with van der Waals surface area (Å²) in [6.07, 6.45) is 7.69. The quantitative estimate of drug-likeness (QED) is 0.602. The number of halogens is 1. The number of rotatable bonds is 5. The minimum Gasteiger partial charge on any atom is -0.122 e. The van der Waals surface area contributed by atoms with Gasteiger partial charge in [0.05, 0.1) is 0 Å². The molecule has 0 N–H and O–H groups in total. The fraction of sp³-hybridized carbons (Fsp3) is 0.667. The van der Waals surface area contributed by atoms with Crippen molar-refractivity contribution in [3.63, 3.8) is 0 Å². The lowest BCUT2D eigenvalue weighted by molar-refractivity contribution is 0.221. The summed E-state index contributed by atoms with van der Waals surface area (Å²) in [6.45, 7) is 6.80. The molecule has 0 nitrogen and oxygen atoms in total. The van der Waals surface area contributed by atoms with Crippen LogP contribution < -0.4 is 0 Å². The molecule has 0 saturated heterocycles. The highest BCUT2D eigenvalue weighted by Crippen LogP contribution is 2.48. The van der Waals surface area contributed by atoms with E-state index in [-0.39, 0.29) is 0 Å². The first kappa shape index (κ1) is 14.9. The Morgan fingerprint density at radius 3 is 2.21 bits per heavy atom. The summed E-state index contributed by atoms with van der Waals surface area (Å²) in [6, 6.07) is 8.87. The van der Waals surface area contributed by atoms with Crippen LogP contribution in [0.25, 0.3) is 0 Å². The molecule has 0 bridgehead atoms. The first-order chi connectivity index (χ1) is 9.02. The van der Waals surface area contributed by atoms with Crippen molar-refractivity contribution in [3.8, 4) is 0 Å². The highest BCUT2D eigenvalue weighted by Gasteiger charge is 2.40. The largest absolute Gasteiger partial charge is 0.122 e. The topological polar surface area (TPSA) is 0 Å². The normalized spacial score (nSPS) is 19.8. The summed E-state index contributed by atoms with van der Waals surface area (Å²) in [5, 5.41) is 0.292. The molecule has 1 unspecified atom stereocenters. The monoisotopic (exact) mass is 278 g/mol. The second kappa shape index (κ2) is 6.31. The van der Waals surface area contributed by atoms with Crippen molar-refractivity contribution >= 4 is 11.6 Å². The van der Waals surface area contributed by atoms with Crippen LogP contribution in [0.15, 0.2) is 24.3 Å². The molecule has 1 atom stereocenters. The van der Waals surface area contributed by atoms with Crippen molar-refractivity contribution < 1.29 is 0 Å². The summed E-state index contributed by atoms with van der Waals surface area (Å²) in [5.41, 5.74) is 3.11. The number of alkyl halides is 1. The van der Waals surface area contributed by atoms with Gasteiger partial charge in [-0.1, -0.05) is 56.5 Å². The highest BCUT2D eigenvalue weighted by atomic mass is 35.5. The third-order valence-electron chi connectivity index (χ3n) is 4.61. The predicted octanol–water partition coefficient (Wildman–Crippen LogP) is 5.75. The molecule has 0 aliphatic heterocycles. The van der Waals surface area contributed by atoms with Crippen LogP contribution in [-0.2, 0) is 6.42 Å². The van der Waals surface area contributed by atoms with Crippen LogP contribution in [-0.4, -0.2) is 5.38 Å². The summed E-state index contributed by atoms with van der Waals surface area (Å²) in [4.78, 5) is 0. The Balaban J connectivity index is 2.07. The third kappa shape index (κ3) is 3.75. The number of aryl methyl sites for hydroxylation is 1. The van der Waals surface area contributed by atoms with E-state index in [1.165, 1.54) is 43.2 Å². The Kier molecular flexibility index (Phi) is 4.95. The van der Waals surface area contributed by atoms with Gasteiger partial charge >= 0.3 is 0 Å². The molecule has 19 heavy (non-hydrogen) atoms. The van der Waals surface area contributed by atoms with Crippen molar-refractivity contribution in [2.24, 2.45) is 11.3 Å². The predicted molar refractivity (Wildman–Crippen MR) is 84.9 cm³/mol. The standard InChI is InChI=1S/C18H27Cl/c1-14(2)13-18(10-4-5-11-18)17(19)12-16-8-6-15(3)7-9-16/h6-9,14,17H,4-5,10-13H2,1-3H3. The average molecular weight is 279 g/mol. The van der Waals surface area contributed by atoms with E-state index in [1.54, 1.807) is 0 Å². The van der Waals surface area contributed by atoms with Crippen molar-refractivity contribution in [1.82, 2.24) is 0 Å². The lowest BCUT2D eigenvalue weighted by atomic mass is 9.74. The molecule has 1 aliphatic carbocycles. The minimum absolute atomic E-state index is 0.292. The van der Waals surface area contributed by atoms with Crippen LogP contribution in [0.4, 0.5) is 0 Å². The molecule has 0 spiro atoms. The number of benzene rings is 1. The zero-order chi connectivity index (χ0) is 13.9. The minimum atomic E-state index is 0.292. The average Bonchev–Trinajstić information content (AvgIpc) is 2.81. The van der Waals surface area contributed by atoms with E-state index in [9.17, 15) is 0 Å². The van der Waals surface area contributed by atoms with Crippen molar-refractivity contribution in [2.75, 3.05) is 0 Å². The van der Waals surface area contributed by atoms with Gasteiger partial charge in [0.2, 0.25) is 0 Å². The zero-order valence-electron chi connectivity index (χ0n) is 12.6. The lowest BCUT2D eigenvalue weighted by Gasteiger charge is -2.36. The van der Waals surface area contributed by atoms with Gasteiger partial charge in [0.15, 0.2) is 0 Å². The maximum absolute atomic E-state index is 6.86. The SMILES string of the molecule is Cc1ccc(CC(Cl)C2(CC(C)C)CCCC2)cc1. The van der Waals surface area contributed by atoms with Gasteiger partial charge in [-0.15, -0.1) is 11.6 Å². The fourth-order valence-corrected chi connectivity index (χ4v) is 4.17. The molecule has 0 aromatic heterocycles. The van der Waals surface area contributed by atoms with Gasteiger partial charge in [-0.3, -0.25) is 0 Å². The maximum Gasteiger partial charge on any atom is 0.0432 e. The van der Waals surface area contributed by atoms with Crippen LogP contribution in [0, 0.1) is 18.3 Å². The molecule has 0 radical (unpaired) electrons. The van der Waals surface area contributed by atoms with Crippen molar-refractivity contribution in [2.45, 2.75) is 64.7 Å². The second-order valence-corrected chi connectivity index (χ2v) is 7.35. The molecule has 1 heteroatoms. The van der Waals surface area contributed by atoms with Crippen LogP contribution >= 0.6 is 11.6 Å². The smallest absolute Gasteiger partial charge is 0.0432 e. The van der Waals surface area contributed by atoms with Gasteiger partial charge in [-0.2, -0.15) is 0 Å². The lowest BCUT2D eigenvalue weighted by Crippen LogP contribution is -2.31. The Hall–Kier alpha value is -0.490. The Morgan fingerprint density at radius 1 is 1.11 bits per heavy atom. The summed E-state index contributed by atoms with van der Waals surface area (Å²) < 4.78 is 0. The van der Waals surface area contributed by atoms with Gasteiger partial charge in [0.25, 0.3) is 0 Å². The Morgan fingerprint density at radius 2 is 1.68 bits per heavy atom. The van der Waals surface area contributed by atoms with Gasteiger partial charge < -0.3 is 0 Å². The van der Waals surface area contributed by atoms with Gasteiger partial charge in [-0.25, -0.2) is 0 Å².